The van der Waals surface area contributed by atoms with E-state index in [9.17, 15) is 0 Å². The second kappa shape index (κ2) is 11.7. The van der Waals surface area contributed by atoms with Crippen molar-refractivity contribution in [1.82, 2.24) is 14.5 Å². The maximum Gasteiger partial charge on any atom is 0.235 e. The molecular formula is C55H33N3. The predicted molar refractivity (Wildman–Crippen MR) is 239 cm³/mol. The summed E-state index contributed by atoms with van der Waals surface area (Å²) in [6.45, 7) is 0. The molecule has 0 saturated heterocycles. The maximum absolute atomic E-state index is 5.52. The van der Waals surface area contributed by atoms with Crippen LogP contribution in [0.2, 0.25) is 0 Å². The molecule has 3 nitrogen and oxygen atoms in total. The van der Waals surface area contributed by atoms with Gasteiger partial charge in [-0.15, -0.1) is 0 Å². The number of aromatic nitrogens is 3. The molecule has 1 spiro atoms. The van der Waals surface area contributed by atoms with E-state index in [4.69, 9.17) is 9.97 Å². The van der Waals surface area contributed by atoms with Crippen molar-refractivity contribution in [3.8, 4) is 50.6 Å². The molecule has 13 rings (SSSR count). The second-order valence-electron chi connectivity index (χ2n) is 15.6. The number of nitrogens with zero attached hydrogens (tertiary/aromatic N) is 3. The predicted octanol–water partition coefficient (Wildman–Crippen LogP) is 13.6. The molecule has 0 fully saturated rings. The zero-order chi connectivity index (χ0) is 38.0. The van der Waals surface area contributed by atoms with Crippen LogP contribution in [0.5, 0.6) is 0 Å². The first-order chi connectivity index (χ1) is 28.8. The van der Waals surface area contributed by atoms with Gasteiger partial charge in [0.1, 0.15) is 0 Å². The van der Waals surface area contributed by atoms with Crippen molar-refractivity contribution in [2.24, 2.45) is 0 Å². The number of hydrogen-bond donors (Lipinski definition) is 0. The van der Waals surface area contributed by atoms with Crippen molar-refractivity contribution < 1.29 is 0 Å². The van der Waals surface area contributed by atoms with Crippen LogP contribution in [-0.4, -0.2) is 14.5 Å². The van der Waals surface area contributed by atoms with Crippen molar-refractivity contribution in [3.05, 3.63) is 222 Å². The van der Waals surface area contributed by atoms with Gasteiger partial charge in [0.25, 0.3) is 0 Å². The second-order valence-corrected chi connectivity index (χ2v) is 15.6. The van der Waals surface area contributed by atoms with Gasteiger partial charge in [0.05, 0.1) is 27.7 Å². The quantitative estimate of drug-likeness (QED) is 0.181. The molecule has 0 N–H and O–H groups in total. The van der Waals surface area contributed by atoms with E-state index in [-0.39, 0.29) is 0 Å². The van der Waals surface area contributed by atoms with Gasteiger partial charge in [-0.1, -0.05) is 176 Å². The van der Waals surface area contributed by atoms with Gasteiger partial charge < -0.3 is 0 Å². The summed E-state index contributed by atoms with van der Waals surface area (Å²) in [7, 11) is 0. The first-order valence-electron chi connectivity index (χ1n) is 20.0. The topological polar surface area (TPSA) is 30.7 Å². The lowest BCUT2D eigenvalue weighted by Crippen LogP contribution is -2.31. The lowest BCUT2D eigenvalue weighted by Gasteiger charge is -2.40. The van der Waals surface area contributed by atoms with Crippen LogP contribution in [0.25, 0.3) is 94.1 Å². The lowest BCUT2D eigenvalue weighted by molar-refractivity contribution is 0.773. The van der Waals surface area contributed by atoms with Crippen molar-refractivity contribution in [2.75, 3.05) is 0 Å². The van der Waals surface area contributed by atoms with E-state index in [1.54, 1.807) is 0 Å². The first kappa shape index (κ1) is 31.6. The van der Waals surface area contributed by atoms with Gasteiger partial charge >= 0.3 is 0 Å². The Morgan fingerprint density at radius 2 is 0.897 bits per heavy atom. The molecule has 11 aromatic rings. The van der Waals surface area contributed by atoms with E-state index < -0.39 is 5.41 Å². The SMILES string of the molecule is c1ccc(-c2cccc(-c3nc(-n4c5ccccc5c5c6cccc7c6c(cc54)-c4ccccc4C74c5ccccc5-c5ccccc54)nc4ccccc34)c2)cc1. The van der Waals surface area contributed by atoms with E-state index in [0.717, 1.165) is 38.8 Å². The van der Waals surface area contributed by atoms with Gasteiger partial charge in [0, 0.05) is 21.7 Å². The summed E-state index contributed by atoms with van der Waals surface area (Å²) in [4.78, 5) is 10.9. The van der Waals surface area contributed by atoms with Crippen molar-refractivity contribution in [2.45, 2.75) is 5.41 Å². The number of fused-ring (bicyclic) bond motifs is 14. The highest BCUT2D eigenvalue weighted by Gasteiger charge is 2.50. The Labute approximate surface area is 335 Å². The summed E-state index contributed by atoms with van der Waals surface area (Å²) >= 11 is 0. The minimum Gasteiger partial charge on any atom is -0.278 e. The molecule has 2 aromatic heterocycles. The summed E-state index contributed by atoms with van der Waals surface area (Å²) in [5.74, 6) is 0.659. The Morgan fingerprint density at radius 1 is 0.345 bits per heavy atom. The molecule has 3 heteroatoms. The third kappa shape index (κ3) is 4.07. The van der Waals surface area contributed by atoms with E-state index in [0.29, 0.717) is 5.95 Å². The average molecular weight is 736 g/mol. The molecule has 58 heavy (non-hydrogen) atoms. The monoisotopic (exact) mass is 735 g/mol. The van der Waals surface area contributed by atoms with Crippen LogP contribution in [0.1, 0.15) is 22.3 Å². The zero-order valence-electron chi connectivity index (χ0n) is 31.4. The molecular weight excluding hydrogens is 703 g/mol. The number of rotatable bonds is 3. The Hall–Kier alpha value is -7.62. The van der Waals surface area contributed by atoms with E-state index in [1.807, 2.05) is 0 Å². The van der Waals surface area contributed by atoms with Crippen LogP contribution in [0, 0.1) is 0 Å². The minimum atomic E-state index is -0.451. The van der Waals surface area contributed by atoms with E-state index in [1.165, 1.54) is 71.6 Å². The highest BCUT2D eigenvalue weighted by atomic mass is 15.2. The van der Waals surface area contributed by atoms with Crippen LogP contribution in [-0.2, 0) is 5.41 Å². The lowest BCUT2D eigenvalue weighted by atomic mass is 9.61. The standard InChI is InChI=1S/C55H33N3/c1-2-16-34(17-3-1)35-18-14-19-36(32-35)53-40-23-7-12-30-48(40)56-54(57-53)58-49-31-13-8-24-41(49)52-42-25-15-29-47-51(42)43(33-50(52)58)39-22-6-11-28-46(39)55(47)44-26-9-4-20-37(44)38-21-5-10-27-45(38)55/h1-33H. The summed E-state index contributed by atoms with van der Waals surface area (Å²) < 4.78 is 2.30. The fourth-order valence-corrected chi connectivity index (χ4v) is 10.5. The van der Waals surface area contributed by atoms with Gasteiger partial charge in [-0.2, -0.15) is 0 Å². The Kier molecular flexibility index (Phi) is 6.37. The minimum absolute atomic E-state index is 0.451. The van der Waals surface area contributed by atoms with Gasteiger partial charge in [0.15, 0.2) is 0 Å². The third-order valence-corrected chi connectivity index (χ3v) is 12.8. The third-order valence-electron chi connectivity index (χ3n) is 12.8. The van der Waals surface area contributed by atoms with Crippen LogP contribution in [0.4, 0.5) is 0 Å². The van der Waals surface area contributed by atoms with Crippen molar-refractivity contribution in [3.63, 3.8) is 0 Å². The average Bonchev–Trinajstić information content (AvgIpc) is 3.79. The molecule has 0 unspecified atom stereocenters. The maximum atomic E-state index is 5.52. The molecule has 2 aliphatic rings. The fraction of sp³-hybridized carbons (Fsp3) is 0.0182. The normalized spacial score (nSPS) is 13.3. The highest BCUT2D eigenvalue weighted by Crippen LogP contribution is 2.62. The zero-order valence-corrected chi connectivity index (χ0v) is 31.4. The Balaban J connectivity index is 1.14. The van der Waals surface area contributed by atoms with Gasteiger partial charge in [0.2, 0.25) is 5.95 Å². The van der Waals surface area contributed by atoms with Gasteiger partial charge in [-0.3, -0.25) is 4.57 Å². The first-order valence-corrected chi connectivity index (χ1v) is 20.0. The molecule has 9 aromatic carbocycles. The number of benzene rings is 9. The van der Waals surface area contributed by atoms with Crippen LogP contribution in [0.15, 0.2) is 200 Å². The summed E-state index contributed by atoms with van der Waals surface area (Å²) in [6, 6.07) is 73.0. The molecule has 2 heterocycles. The molecule has 0 amide bonds. The molecule has 2 aliphatic carbocycles. The molecule has 268 valence electrons. The van der Waals surface area contributed by atoms with E-state index in [2.05, 4.69) is 205 Å². The van der Waals surface area contributed by atoms with Crippen LogP contribution >= 0.6 is 0 Å². The van der Waals surface area contributed by atoms with Gasteiger partial charge in [-0.25, -0.2) is 9.97 Å². The summed E-state index contributed by atoms with van der Waals surface area (Å²) in [6.07, 6.45) is 0. The summed E-state index contributed by atoms with van der Waals surface area (Å²) in [5, 5.41) is 5.98. The van der Waals surface area contributed by atoms with Crippen molar-refractivity contribution in [1.29, 1.82) is 0 Å². The largest absolute Gasteiger partial charge is 0.278 e. The molecule has 0 saturated carbocycles. The van der Waals surface area contributed by atoms with Crippen LogP contribution < -0.4 is 0 Å². The molecule has 0 atom stereocenters. The highest BCUT2D eigenvalue weighted by molar-refractivity contribution is 6.26. The Morgan fingerprint density at radius 3 is 1.66 bits per heavy atom. The fourth-order valence-electron chi connectivity index (χ4n) is 10.5. The van der Waals surface area contributed by atoms with E-state index >= 15 is 0 Å². The molecule has 0 bridgehead atoms. The number of para-hydroxylation sites is 2. The smallest absolute Gasteiger partial charge is 0.235 e. The van der Waals surface area contributed by atoms with Crippen LogP contribution in [0.3, 0.4) is 0 Å². The number of hydrogen-bond acceptors (Lipinski definition) is 2. The van der Waals surface area contributed by atoms with Gasteiger partial charge in [-0.05, 0) is 90.7 Å². The molecule has 0 radical (unpaired) electrons. The summed E-state index contributed by atoms with van der Waals surface area (Å²) in [5.41, 5.74) is 17.4. The van der Waals surface area contributed by atoms with Crippen molar-refractivity contribution >= 4 is 43.5 Å². The molecule has 0 aliphatic heterocycles. The Bertz CT molecular complexity index is 3480.